The molecule has 0 spiro atoms. The van der Waals surface area contributed by atoms with Crippen molar-refractivity contribution in [2.45, 2.75) is 6.92 Å². The fourth-order valence-corrected chi connectivity index (χ4v) is 2.35. The number of benzene rings is 2. The second-order valence-electron chi connectivity index (χ2n) is 4.96. The Bertz CT molecular complexity index is 791. The maximum Gasteiger partial charge on any atom is 0.145 e. The van der Waals surface area contributed by atoms with Crippen LogP contribution in [0.15, 0.2) is 54.6 Å². The van der Waals surface area contributed by atoms with Crippen LogP contribution in [0.5, 0.6) is 5.75 Å². The summed E-state index contributed by atoms with van der Waals surface area (Å²) in [5.41, 5.74) is 4.20. The van der Waals surface area contributed by atoms with Gasteiger partial charge in [-0.3, -0.25) is 0 Å². The van der Waals surface area contributed by atoms with Gasteiger partial charge in [-0.15, -0.1) is 0 Å². The van der Waals surface area contributed by atoms with E-state index in [0.717, 1.165) is 27.9 Å². The molecule has 0 N–H and O–H groups in total. The fraction of sp³-hybridized carbons (Fsp3) is 0.105. The van der Waals surface area contributed by atoms with E-state index in [4.69, 9.17) is 9.72 Å². The standard InChI is InChI=1S/C19H17NO/c1-14-8-13-18(21-2)19-17(14)12-11-16(20-19)10-9-15-6-4-3-5-7-15/h3-13H,1-2H3/b10-9+. The van der Waals surface area contributed by atoms with Crippen LogP contribution in [0.4, 0.5) is 0 Å². The maximum absolute atomic E-state index is 5.41. The highest BCUT2D eigenvalue weighted by Crippen LogP contribution is 2.27. The van der Waals surface area contributed by atoms with E-state index in [1.807, 2.05) is 36.4 Å². The Morgan fingerprint density at radius 3 is 2.48 bits per heavy atom. The van der Waals surface area contributed by atoms with Gasteiger partial charge in [-0.2, -0.15) is 0 Å². The number of rotatable bonds is 3. The fourth-order valence-electron chi connectivity index (χ4n) is 2.35. The van der Waals surface area contributed by atoms with Gasteiger partial charge in [0.1, 0.15) is 11.3 Å². The Kier molecular flexibility index (Phi) is 3.69. The SMILES string of the molecule is COc1ccc(C)c2ccc(/C=C/c3ccccc3)nc12. The topological polar surface area (TPSA) is 22.1 Å². The van der Waals surface area contributed by atoms with Crippen molar-refractivity contribution in [2.75, 3.05) is 7.11 Å². The van der Waals surface area contributed by atoms with E-state index < -0.39 is 0 Å². The second-order valence-corrected chi connectivity index (χ2v) is 4.96. The highest BCUT2D eigenvalue weighted by Gasteiger charge is 2.05. The number of aromatic nitrogens is 1. The van der Waals surface area contributed by atoms with Gasteiger partial charge in [0.15, 0.2) is 0 Å². The number of pyridine rings is 1. The minimum absolute atomic E-state index is 0.811. The normalized spacial score (nSPS) is 11.1. The molecular weight excluding hydrogens is 258 g/mol. The molecule has 0 amide bonds. The molecule has 0 saturated heterocycles. The van der Waals surface area contributed by atoms with Crippen molar-refractivity contribution in [3.63, 3.8) is 0 Å². The Morgan fingerprint density at radius 2 is 1.71 bits per heavy atom. The van der Waals surface area contributed by atoms with Crippen LogP contribution >= 0.6 is 0 Å². The summed E-state index contributed by atoms with van der Waals surface area (Å²) in [6.07, 6.45) is 4.09. The van der Waals surface area contributed by atoms with Crippen LogP contribution in [0.2, 0.25) is 0 Å². The molecule has 0 aliphatic heterocycles. The molecule has 0 saturated carbocycles. The third-order valence-electron chi connectivity index (χ3n) is 3.53. The first-order valence-corrected chi connectivity index (χ1v) is 6.95. The molecule has 0 atom stereocenters. The van der Waals surface area contributed by atoms with Crippen molar-refractivity contribution in [3.05, 3.63) is 71.4 Å². The minimum atomic E-state index is 0.811. The van der Waals surface area contributed by atoms with Crippen molar-refractivity contribution >= 4 is 23.1 Å². The predicted molar refractivity (Wildman–Crippen MR) is 88.4 cm³/mol. The summed E-state index contributed by atoms with van der Waals surface area (Å²) in [6.45, 7) is 2.09. The van der Waals surface area contributed by atoms with Gasteiger partial charge < -0.3 is 4.74 Å². The molecule has 2 heteroatoms. The molecule has 3 aromatic rings. The smallest absolute Gasteiger partial charge is 0.145 e. The minimum Gasteiger partial charge on any atom is -0.494 e. The van der Waals surface area contributed by atoms with Crippen molar-refractivity contribution in [1.29, 1.82) is 0 Å². The van der Waals surface area contributed by atoms with Crippen molar-refractivity contribution < 1.29 is 4.74 Å². The third kappa shape index (κ3) is 2.79. The Hall–Kier alpha value is -2.61. The van der Waals surface area contributed by atoms with Crippen LogP contribution in [0, 0.1) is 6.92 Å². The van der Waals surface area contributed by atoms with E-state index in [1.165, 1.54) is 5.56 Å². The number of hydrogen-bond donors (Lipinski definition) is 0. The van der Waals surface area contributed by atoms with Gasteiger partial charge in [0.05, 0.1) is 12.8 Å². The van der Waals surface area contributed by atoms with E-state index in [9.17, 15) is 0 Å². The zero-order chi connectivity index (χ0) is 14.7. The molecule has 21 heavy (non-hydrogen) atoms. The number of hydrogen-bond acceptors (Lipinski definition) is 2. The molecule has 0 aliphatic rings. The van der Waals surface area contributed by atoms with Crippen molar-refractivity contribution in [3.8, 4) is 5.75 Å². The van der Waals surface area contributed by atoms with Gasteiger partial charge in [0.25, 0.3) is 0 Å². The van der Waals surface area contributed by atoms with E-state index in [1.54, 1.807) is 7.11 Å². The molecule has 0 aliphatic carbocycles. The van der Waals surface area contributed by atoms with Crippen molar-refractivity contribution in [1.82, 2.24) is 4.98 Å². The second kappa shape index (κ2) is 5.80. The van der Waals surface area contributed by atoms with E-state index in [0.29, 0.717) is 0 Å². The molecule has 0 unspecified atom stereocenters. The predicted octanol–water partition coefficient (Wildman–Crippen LogP) is 4.72. The lowest BCUT2D eigenvalue weighted by atomic mass is 10.1. The monoisotopic (exact) mass is 275 g/mol. The molecule has 0 radical (unpaired) electrons. The van der Waals surface area contributed by atoms with Crippen LogP contribution in [-0.4, -0.2) is 12.1 Å². The first-order valence-electron chi connectivity index (χ1n) is 6.95. The first kappa shape index (κ1) is 13.4. The number of fused-ring (bicyclic) bond motifs is 1. The molecule has 1 heterocycles. The Labute approximate surface area is 124 Å². The molecule has 2 aromatic carbocycles. The van der Waals surface area contributed by atoms with E-state index in [2.05, 4.69) is 37.3 Å². The lowest BCUT2D eigenvalue weighted by Crippen LogP contribution is -1.91. The zero-order valence-electron chi connectivity index (χ0n) is 12.2. The highest BCUT2D eigenvalue weighted by molar-refractivity contribution is 5.88. The largest absolute Gasteiger partial charge is 0.494 e. The Balaban J connectivity index is 2.03. The van der Waals surface area contributed by atoms with Gasteiger partial charge in [-0.05, 0) is 36.3 Å². The van der Waals surface area contributed by atoms with Crippen molar-refractivity contribution in [2.24, 2.45) is 0 Å². The summed E-state index contributed by atoms with van der Waals surface area (Å²) in [6, 6.07) is 18.4. The number of nitrogens with zero attached hydrogens (tertiary/aromatic N) is 1. The van der Waals surface area contributed by atoms with Crippen LogP contribution in [-0.2, 0) is 0 Å². The number of ether oxygens (including phenoxy) is 1. The van der Waals surface area contributed by atoms with Crippen LogP contribution in [0.25, 0.3) is 23.1 Å². The summed E-state index contributed by atoms with van der Waals surface area (Å²) in [4.78, 5) is 4.71. The summed E-state index contributed by atoms with van der Waals surface area (Å²) in [5.74, 6) is 0.811. The molecule has 2 nitrogen and oxygen atoms in total. The third-order valence-corrected chi connectivity index (χ3v) is 3.53. The molecule has 0 fully saturated rings. The number of methoxy groups -OCH3 is 1. The van der Waals surface area contributed by atoms with Gasteiger partial charge in [-0.1, -0.05) is 48.5 Å². The maximum atomic E-state index is 5.41. The van der Waals surface area contributed by atoms with Crippen LogP contribution in [0.1, 0.15) is 16.8 Å². The molecule has 3 rings (SSSR count). The van der Waals surface area contributed by atoms with E-state index in [-0.39, 0.29) is 0 Å². The van der Waals surface area contributed by atoms with Gasteiger partial charge in [0.2, 0.25) is 0 Å². The highest BCUT2D eigenvalue weighted by atomic mass is 16.5. The Morgan fingerprint density at radius 1 is 0.905 bits per heavy atom. The summed E-state index contributed by atoms with van der Waals surface area (Å²) >= 11 is 0. The quantitative estimate of drug-likeness (QED) is 0.690. The lowest BCUT2D eigenvalue weighted by molar-refractivity contribution is 0.419. The van der Waals surface area contributed by atoms with Gasteiger partial charge in [0, 0.05) is 5.39 Å². The molecular formula is C19H17NO. The zero-order valence-corrected chi connectivity index (χ0v) is 12.2. The first-order chi connectivity index (χ1) is 10.3. The van der Waals surface area contributed by atoms with E-state index >= 15 is 0 Å². The van der Waals surface area contributed by atoms with Crippen LogP contribution < -0.4 is 4.74 Å². The average Bonchev–Trinajstić information content (AvgIpc) is 2.54. The van der Waals surface area contributed by atoms with Gasteiger partial charge >= 0.3 is 0 Å². The lowest BCUT2D eigenvalue weighted by Gasteiger charge is -2.07. The molecule has 1 aromatic heterocycles. The summed E-state index contributed by atoms with van der Waals surface area (Å²) < 4.78 is 5.41. The number of aryl methyl sites for hydroxylation is 1. The van der Waals surface area contributed by atoms with Gasteiger partial charge in [-0.25, -0.2) is 4.98 Å². The molecule has 104 valence electrons. The summed E-state index contributed by atoms with van der Waals surface area (Å²) in [7, 11) is 1.68. The average molecular weight is 275 g/mol. The molecule has 0 bridgehead atoms. The summed E-state index contributed by atoms with van der Waals surface area (Å²) in [5, 5.41) is 1.13. The van der Waals surface area contributed by atoms with Crippen LogP contribution in [0.3, 0.4) is 0 Å².